The zero-order valence-corrected chi connectivity index (χ0v) is 21.0. The SMILES string of the molecule is CCCCCCSC(CC=C(C)C)c1cc(OC)c2c(OC)ccc(OC)c2c1OC. The summed E-state index contributed by atoms with van der Waals surface area (Å²) < 4.78 is 23.2. The lowest BCUT2D eigenvalue weighted by Crippen LogP contribution is -2.03. The maximum atomic E-state index is 6.01. The molecule has 2 rings (SSSR count). The van der Waals surface area contributed by atoms with Gasteiger partial charge in [-0.05, 0) is 50.6 Å². The predicted molar refractivity (Wildman–Crippen MR) is 134 cm³/mol. The van der Waals surface area contributed by atoms with Crippen molar-refractivity contribution >= 4 is 22.5 Å². The highest BCUT2D eigenvalue weighted by Crippen LogP contribution is 2.50. The number of unbranched alkanes of at least 4 members (excludes halogenated alkanes) is 3. The molecule has 0 aliphatic heterocycles. The van der Waals surface area contributed by atoms with E-state index >= 15 is 0 Å². The van der Waals surface area contributed by atoms with Gasteiger partial charge in [-0.25, -0.2) is 0 Å². The van der Waals surface area contributed by atoms with Gasteiger partial charge in [-0.15, -0.1) is 0 Å². The zero-order valence-electron chi connectivity index (χ0n) is 20.2. The van der Waals surface area contributed by atoms with Gasteiger partial charge < -0.3 is 18.9 Å². The van der Waals surface area contributed by atoms with Crippen LogP contribution in [0.2, 0.25) is 0 Å². The van der Waals surface area contributed by atoms with Crippen LogP contribution in [0.25, 0.3) is 10.8 Å². The Morgan fingerprint density at radius 1 is 0.871 bits per heavy atom. The van der Waals surface area contributed by atoms with Gasteiger partial charge in [0.15, 0.2) is 0 Å². The molecule has 2 aromatic carbocycles. The van der Waals surface area contributed by atoms with Gasteiger partial charge in [-0.2, -0.15) is 11.8 Å². The molecule has 172 valence electrons. The third-order valence-electron chi connectivity index (χ3n) is 5.42. The number of hydrogen-bond acceptors (Lipinski definition) is 5. The van der Waals surface area contributed by atoms with E-state index < -0.39 is 0 Å². The molecule has 0 amide bonds. The highest BCUT2D eigenvalue weighted by molar-refractivity contribution is 7.99. The van der Waals surface area contributed by atoms with E-state index in [1.807, 2.05) is 23.9 Å². The van der Waals surface area contributed by atoms with Crippen molar-refractivity contribution < 1.29 is 18.9 Å². The van der Waals surface area contributed by atoms with Gasteiger partial charge in [-0.1, -0.05) is 37.8 Å². The molecule has 0 radical (unpaired) electrons. The Kier molecular flexibility index (Phi) is 10.4. The fourth-order valence-electron chi connectivity index (χ4n) is 3.80. The third kappa shape index (κ3) is 6.25. The summed E-state index contributed by atoms with van der Waals surface area (Å²) in [4.78, 5) is 0. The number of methoxy groups -OCH3 is 4. The first kappa shape index (κ1) is 25.3. The van der Waals surface area contributed by atoms with Crippen LogP contribution in [0.5, 0.6) is 23.0 Å². The number of fused-ring (bicyclic) bond motifs is 1. The van der Waals surface area contributed by atoms with E-state index in [9.17, 15) is 0 Å². The number of benzene rings is 2. The molecule has 0 saturated heterocycles. The summed E-state index contributed by atoms with van der Waals surface area (Å²) in [7, 11) is 6.79. The molecule has 4 nitrogen and oxygen atoms in total. The minimum atomic E-state index is 0.265. The molecule has 0 saturated carbocycles. The van der Waals surface area contributed by atoms with Crippen molar-refractivity contribution in [2.24, 2.45) is 0 Å². The van der Waals surface area contributed by atoms with Crippen molar-refractivity contribution in [2.45, 2.75) is 58.1 Å². The lowest BCUT2D eigenvalue weighted by molar-refractivity contribution is 0.389. The second kappa shape index (κ2) is 12.7. The van der Waals surface area contributed by atoms with Crippen LogP contribution in [0.3, 0.4) is 0 Å². The average Bonchev–Trinajstić information content (AvgIpc) is 2.78. The van der Waals surface area contributed by atoms with Crippen molar-refractivity contribution in [3.8, 4) is 23.0 Å². The van der Waals surface area contributed by atoms with Crippen molar-refractivity contribution in [1.29, 1.82) is 0 Å². The van der Waals surface area contributed by atoms with Crippen LogP contribution < -0.4 is 18.9 Å². The molecule has 0 fully saturated rings. The average molecular weight is 447 g/mol. The summed E-state index contributed by atoms with van der Waals surface area (Å²) in [6, 6.07) is 5.95. The Morgan fingerprint density at radius 2 is 1.52 bits per heavy atom. The second-order valence-electron chi connectivity index (χ2n) is 7.86. The highest BCUT2D eigenvalue weighted by atomic mass is 32.2. The van der Waals surface area contributed by atoms with Gasteiger partial charge in [0.2, 0.25) is 0 Å². The molecule has 0 aliphatic carbocycles. The number of thioether (sulfide) groups is 1. The first-order chi connectivity index (χ1) is 15.0. The molecule has 0 heterocycles. The Labute approximate surface area is 192 Å². The second-order valence-corrected chi connectivity index (χ2v) is 9.17. The summed E-state index contributed by atoms with van der Waals surface area (Å²) in [5.41, 5.74) is 2.46. The van der Waals surface area contributed by atoms with Crippen LogP contribution in [0.1, 0.15) is 63.7 Å². The molecule has 31 heavy (non-hydrogen) atoms. The Hall–Kier alpha value is -2.01. The van der Waals surface area contributed by atoms with Crippen LogP contribution in [0.4, 0.5) is 0 Å². The van der Waals surface area contributed by atoms with E-state index in [0.717, 1.165) is 51.5 Å². The minimum Gasteiger partial charge on any atom is -0.496 e. The van der Waals surface area contributed by atoms with Gasteiger partial charge in [0, 0.05) is 10.8 Å². The maximum absolute atomic E-state index is 6.01. The molecule has 1 unspecified atom stereocenters. The molecule has 0 aromatic heterocycles. The summed E-state index contributed by atoms with van der Waals surface area (Å²) in [6.45, 7) is 6.54. The standard InChI is InChI=1S/C26H38O4S/c1-8-9-10-11-16-31-23(15-12-18(2)3)19-17-22(29-6)24-20(27-4)13-14-21(28-5)25(24)26(19)30-7/h12-14,17,23H,8-11,15-16H2,1-7H3. The fourth-order valence-corrected chi connectivity index (χ4v) is 5.04. The van der Waals surface area contributed by atoms with E-state index in [-0.39, 0.29) is 5.25 Å². The van der Waals surface area contributed by atoms with Crippen LogP contribution >= 0.6 is 11.8 Å². The first-order valence-corrected chi connectivity index (χ1v) is 12.1. The van der Waals surface area contributed by atoms with Crippen molar-refractivity contribution in [1.82, 2.24) is 0 Å². The largest absolute Gasteiger partial charge is 0.496 e. The monoisotopic (exact) mass is 446 g/mol. The van der Waals surface area contributed by atoms with Gasteiger partial charge in [0.25, 0.3) is 0 Å². The summed E-state index contributed by atoms with van der Waals surface area (Å²) in [5, 5.41) is 2.03. The van der Waals surface area contributed by atoms with Crippen molar-refractivity contribution in [3.05, 3.63) is 35.4 Å². The predicted octanol–water partition coefficient (Wildman–Crippen LogP) is 7.59. The van der Waals surface area contributed by atoms with Crippen LogP contribution in [0.15, 0.2) is 29.8 Å². The Balaban J connectivity index is 2.63. The summed E-state index contributed by atoms with van der Waals surface area (Å²) in [5.74, 6) is 4.22. The number of ether oxygens (including phenoxy) is 4. The van der Waals surface area contributed by atoms with Crippen LogP contribution in [0, 0.1) is 0 Å². The van der Waals surface area contributed by atoms with E-state index in [0.29, 0.717) is 0 Å². The van der Waals surface area contributed by atoms with E-state index in [2.05, 4.69) is 32.9 Å². The summed E-state index contributed by atoms with van der Waals surface area (Å²) in [6.07, 6.45) is 8.31. The van der Waals surface area contributed by atoms with Gasteiger partial charge >= 0.3 is 0 Å². The molecule has 5 heteroatoms. The van der Waals surface area contributed by atoms with Crippen molar-refractivity contribution in [2.75, 3.05) is 34.2 Å². The van der Waals surface area contributed by atoms with Gasteiger partial charge in [0.05, 0.1) is 39.2 Å². The van der Waals surface area contributed by atoms with Crippen LogP contribution in [-0.4, -0.2) is 34.2 Å². The fraction of sp³-hybridized carbons (Fsp3) is 0.538. The number of hydrogen-bond donors (Lipinski definition) is 0. The van der Waals surface area contributed by atoms with Crippen LogP contribution in [-0.2, 0) is 0 Å². The number of rotatable bonds is 13. The van der Waals surface area contributed by atoms with E-state index in [1.54, 1.807) is 28.4 Å². The zero-order chi connectivity index (χ0) is 22.8. The molecular weight excluding hydrogens is 408 g/mol. The molecule has 2 aromatic rings. The quantitative estimate of drug-likeness (QED) is 0.234. The molecule has 1 atom stereocenters. The van der Waals surface area contributed by atoms with E-state index in [1.165, 1.54) is 31.3 Å². The molecule has 0 aliphatic rings. The smallest absolute Gasteiger partial charge is 0.135 e. The van der Waals surface area contributed by atoms with Gasteiger partial charge in [-0.3, -0.25) is 0 Å². The van der Waals surface area contributed by atoms with E-state index in [4.69, 9.17) is 18.9 Å². The first-order valence-electron chi connectivity index (χ1n) is 11.1. The maximum Gasteiger partial charge on any atom is 0.135 e. The Bertz CT molecular complexity index is 872. The topological polar surface area (TPSA) is 36.9 Å². The van der Waals surface area contributed by atoms with Gasteiger partial charge in [0.1, 0.15) is 23.0 Å². The highest BCUT2D eigenvalue weighted by Gasteiger charge is 2.25. The molecule has 0 N–H and O–H groups in total. The molecular formula is C26H38O4S. The third-order valence-corrected chi connectivity index (χ3v) is 6.79. The lowest BCUT2D eigenvalue weighted by Gasteiger charge is -2.23. The Morgan fingerprint density at radius 3 is 2.06 bits per heavy atom. The molecule has 0 spiro atoms. The summed E-state index contributed by atoms with van der Waals surface area (Å²) >= 11 is 2.00. The lowest BCUT2D eigenvalue weighted by atomic mass is 9.98. The minimum absolute atomic E-state index is 0.265. The normalized spacial score (nSPS) is 11.8. The number of allylic oxidation sites excluding steroid dienone is 2. The molecule has 0 bridgehead atoms. The van der Waals surface area contributed by atoms with Crippen molar-refractivity contribution in [3.63, 3.8) is 0 Å².